The second-order valence-electron chi connectivity index (χ2n) is 9.98. The SMILES string of the molecule is C=C(C)C.C=Cc1c(CCC)cccc1CCC.Cc1ccc(-c2ccc(C3=CCCC=C3)cc2)cc1. The highest BCUT2D eigenvalue weighted by Crippen LogP contribution is 2.25. The summed E-state index contributed by atoms with van der Waals surface area (Å²) in [5.41, 5.74) is 12.0. The Balaban J connectivity index is 0.000000236. The lowest BCUT2D eigenvalue weighted by molar-refractivity contribution is 0.891. The zero-order valence-electron chi connectivity index (χ0n) is 23.8. The largest absolute Gasteiger partial charge is 0.100 e. The van der Waals surface area contributed by atoms with Crippen molar-refractivity contribution < 1.29 is 0 Å². The van der Waals surface area contributed by atoms with Gasteiger partial charge in [-0.3, -0.25) is 0 Å². The van der Waals surface area contributed by atoms with Gasteiger partial charge in [0.05, 0.1) is 0 Å². The Kier molecular flexibility index (Phi) is 13.2. The van der Waals surface area contributed by atoms with E-state index in [0.717, 1.165) is 6.42 Å². The Morgan fingerprint density at radius 3 is 1.68 bits per heavy atom. The van der Waals surface area contributed by atoms with E-state index in [0.29, 0.717) is 0 Å². The molecule has 0 N–H and O–H groups in total. The van der Waals surface area contributed by atoms with Crippen LogP contribution in [0.3, 0.4) is 0 Å². The lowest BCUT2D eigenvalue weighted by Gasteiger charge is -2.10. The zero-order valence-corrected chi connectivity index (χ0v) is 23.8. The van der Waals surface area contributed by atoms with Crippen molar-refractivity contribution >= 4 is 11.6 Å². The molecule has 0 amide bonds. The van der Waals surface area contributed by atoms with Gasteiger partial charge in [-0.2, -0.15) is 0 Å². The summed E-state index contributed by atoms with van der Waals surface area (Å²) >= 11 is 0. The van der Waals surface area contributed by atoms with Crippen molar-refractivity contribution in [2.24, 2.45) is 0 Å². The zero-order chi connectivity index (χ0) is 27.0. The van der Waals surface area contributed by atoms with Crippen LogP contribution in [0.4, 0.5) is 0 Å². The van der Waals surface area contributed by atoms with Gasteiger partial charge >= 0.3 is 0 Å². The molecule has 0 unspecified atom stereocenters. The summed E-state index contributed by atoms with van der Waals surface area (Å²) in [5, 5.41) is 0. The molecule has 0 heteroatoms. The number of allylic oxidation sites excluding steroid dienone is 5. The molecule has 4 rings (SSSR count). The maximum absolute atomic E-state index is 3.92. The molecule has 0 radical (unpaired) electrons. The van der Waals surface area contributed by atoms with Crippen LogP contribution in [0.1, 0.15) is 81.2 Å². The highest BCUT2D eigenvalue weighted by Gasteiger charge is 2.04. The van der Waals surface area contributed by atoms with Gasteiger partial charge < -0.3 is 0 Å². The maximum atomic E-state index is 3.92. The molecular weight excluding hydrogens is 444 g/mol. The lowest BCUT2D eigenvalue weighted by atomic mass is 9.95. The average Bonchev–Trinajstić information content (AvgIpc) is 2.90. The summed E-state index contributed by atoms with van der Waals surface area (Å²) in [5.74, 6) is 0. The minimum Gasteiger partial charge on any atom is -0.100 e. The van der Waals surface area contributed by atoms with Crippen LogP contribution in [-0.2, 0) is 12.8 Å². The number of rotatable bonds is 7. The lowest BCUT2D eigenvalue weighted by Crippen LogP contribution is -1.95. The third kappa shape index (κ3) is 10.3. The highest BCUT2D eigenvalue weighted by atomic mass is 14.1. The Morgan fingerprint density at radius 2 is 1.24 bits per heavy atom. The monoisotopic (exact) mass is 490 g/mol. The minimum absolute atomic E-state index is 1.16. The second kappa shape index (κ2) is 16.4. The predicted octanol–water partition coefficient (Wildman–Crippen LogP) is 11.2. The molecule has 0 spiro atoms. The van der Waals surface area contributed by atoms with Gasteiger partial charge in [-0.05, 0) is 85.4 Å². The molecule has 0 heterocycles. The fourth-order valence-corrected chi connectivity index (χ4v) is 4.33. The summed E-state index contributed by atoms with van der Waals surface area (Å²) in [6.07, 6.45) is 15.9. The number of hydrogen-bond donors (Lipinski definition) is 0. The Labute approximate surface area is 227 Å². The molecule has 0 saturated heterocycles. The summed E-state index contributed by atoms with van der Waals surface area (Å²) in [6.45, 7) is 18.0. The second-order valence-corrected chi connectivity index (χ2v) is 9.98. The normalized spacial score (nSPS) is 11.9. The first-order valence-electron chi connectivity index (χ1n) is 13.8. The van der Waals surface area contributed by atoms with Crippen molar-refractivity contribution in [3.05, 3.63) is 132 Å². The van der Waals surface area contributed by atoms with Crippen molar-refractivity contribution in [2.75, 3.05) is 0 Å². The third-order valence-corrected chi connectivity index (χ3v) is 6.13. The summed E-state index contributed by atoms with van der Waals surface area (Å²) in [4.78, 5) is 0. The first-order valence-corrected chi connectivity index (χ1v) is 13.8. The summed E-state index contributed by atoms with van der Waals surface area (Å²) in [6, 6.07) is 24.2. The van der Waals surface area contributed by atoms with E-state index in [4.69, 9.17) is 0 Å². The molecule has 1 aliphatic rings. The molecular formula is C37H46. The van der Waals surface area contributed by atoms with E-state index in [9.17, 15) is 0 Å². The standard InChI is InChI=1S/C19H18.C14H20.C4H8/c1-15-7-9-17(10-8-15)19-13-11-18(12-14-19)16-5-3-2-4-6-16;1-4-8-12-10-7-11-13(9-5-2)14(12)6-3;1-4(2)3/h3,5-14H,2,4H2,1H3;6-7,10-11H,3-5,8-9H2,1-2H3;1H2,2-3H3. The molecule has 3 aromatic carbocycles. The topological polar surface area (TPSA) is 0 Å². The first kappa shape index (κ1) is 29.8. The van der Waals surface area contributed by atoms with Crippen LogP contribution in [0.25, 0.3) is 22.8 Å². The van der Waals surface area contributed by atoms with Crippen molar-refractivity contribution in [1.29, 1.82) is 0 Å². The number of aryl methyl sites for hydroxylation is 3. The van der Waals surface area contributed by atoms with Crippen LogP contribution < -0.4 is 0 Å². The van der Waals surface area contributed by atoms with Crippen molar-refractivity contribution in [3.63, 3.8) is 0 Å². The Hall–Kier alpha value is -3.38. The van der Waals surface area contributed by atoms with E-state index in [2.05, 4.69) is 119 Å². The van der Waals surface area contributed by atoms with E-state index < -0.39 is 0 Å². The van der Waals surface area contributed by atoms with Gasteiger partial charge in [-0.15, -0.1) is 6.58 Å². The number of hydrogen-bond acceptors (Lipinski definition) is 0. The molecule has 1 aliphatic carbocycles. The third-order valence-electron chi connectivity index (χ3n) is 6.13. The summed E-state index contributed by atoms with van der Waals surface area (Å²) in [7, 11) is 0. The van der Waals surface area contributed by atoms with Crippen molar-refractivity contribution in [3.8, 4) is 11.1 Å². The van der Waals surface area contributed by atoms with Crippen LogP contribution in [-0.4, -0.2) is 0 Å². The van der Waals surface area contributed by atoms with Crippen molar-refractivity contribution in [1.82, 2.24) is 0 Å². The quantitative estimate of drug-likeness (QED) is 0.289. The van der Waals surface area contributed by atoms with E-state index in [1.807, 2.05) is 19.9 Å². The van der Waals surface area contributed by atoms with Gasteiger partial charge in [-0.25, -0.2) is 0 Å². The Bertz CT molecular complexity index is 1140. The molecule has 3 aromatic rings. The smallest absolute Gasteiger partial charge is 0.0184 e. The van der Waals surface area contributed by atoms with Crippen LogP contribution in [0, 0.1) is 6.92 Å². The highest BCUT2D eigenvalue weighted by molar-refractivity contribution is 5.76. The van der Waals surface area contributed by atoms with Crippen LogP contribution >= 0.6 is 0 Å². The van der Waals surface area contributed by atoms with Gasteiger partial charge in [-0.1, -0.05) is 135 Å². The van der Waals surface area contributed by atoms with Gasteiger partial charge in [0.2, 0.25) is 0 Å². The van der Waals surface area contributed by atoms with E-state index in [1.165, 1.54) is 82.2 Å². The first-order chi connectivity index (χ1) is 17.9. The predicted molar refractivity (Wildman–Crippen MR) is 168 cm³/mol. The fraction of sp³-hybridized carbons (Fsp3) is 0.297. The van der Waals surface area contributed by atoms with E-state index in [1.54, 1.807) is 0 Å². The molecule has 0 aromatic heterocycles. The van der Waals surface area contributed by atoms with Crippen LogP contribution in [0.2, 0.25) is 0 Å². The molecule has 0 fully saturated rings. The molecule has 0 nitrogen and oxygen atoms in total. The number of benzene rings is 3. The Morgan fingerprint density at radius 1 is 0.757 bits per heavy atom. The molecule has 0 aliphatic heterocycles. The summed E-state index contributed by atoms with van der Waals surface area (Å²) < 4.78 is 0. The van der Waals surface area contributed by atoms with Gasteiger partial charge in [0, 0.05) is 0 Å². The maximum Gasteiger partial charge on any atom is -0.0184 e. The molecule has 0 saturated carbocycles. The average molecular weight is 491 g/mol. The fourth-order valence-electron chi connectivity index (χ4n) is 4.33. The van der Waals surface area contributed by atoms with Gasteiger partial charge in [0.1, 0.15) is 0 Å². The molecule has 0 atom stereocenters. The van der Waals surface area contributed by atoms with Gasteiger partial charge in [0.25, 0.3) is 0 Å². The molecule has 194 valence electrons. The van der Waals surface area contributed by atoms with Crippen LogP contribution in [0.15, 0.2) is 104 Å². The van der Waals surface area contributed by atoms with Crippen LogP contribution in [0.5, 0.6) is 0 Å². The van der Waals surface area contributed by atoms with E-state index >= 15 is 0 Å². The molecule has 0 bridgehead atoms. The van der Waals surface area contributed by atoms with Crippen molar-refractivity contribution in [2.45, 2.75) is 73.1 Å². The minimum atomic E-state index is 1.16. The van der Waals surface area contributed by atoms with Gasteiger partial charge in [0.15, 0.2) is 0 Å². The molecule has 37 heavy (non-hydrogen) atoms. The van der Waals surface area contributed by atoms with E-state index in [-0.39, 0.29) is 0 Å².